The van der Waals surface area contributed by atoms with Crippen molar-refractivity contribution >= 4 is 11.6 Å². The summed E-state index contributed by atoms with van der Waals surface area (Å²) in [7, 11) is 1.92. The number of para-hydroxylation sites is 1. The molecule has 3 heterocycles. The number of nitrogens with one attached hydrogen (secondary N) is 2. The number of piperidine rings is 1. The first kappa shape index (κ1) is 17.1. The van der Waals surface area contributed by atoms with E-state index in [2.05, 4.69) is 44.9 Å². The molecule has 0 saturated carbocycles. The fraction of sp³-hybridized carbons (Fsp3) is 0.500. The standard InChI is InChI=1S/C20H27N5O/c1-24-14-15(11-22-24)18-12-21-13-19(18)20(26)23-16-7-9-25(10-8-16)17-5-3-2-4-6-17/h2-6,11,14,16,18-19,21H,7-10,12-13H2,1H3,(H,23,26)/t18-,19+/m1/s1. The Bertz CT molecular complexity index is 736. The molecule has 26 heavy (non-hydrogen) atoms. The minimum atomic E-state index is -0.00801. The number of nitrogens with zero attached hydrogens (tertiary/aromatic N) is 3. The molecule has 2 fully saturated rings. The molecule has 1 aromatic carbocycles. The van der Waals surface area contributed by atoms with Crippen LogP contribution in [0.15, 0.2) is 42.7 Å². The van der Waals surface area contributed by atoms with E-state index < -0.39 is 0 Å². The zero-order chi connectivity index (χ0) is 17.9. The van der Waals surface area contributed by atoms with Gasteiger partial charge < -0.3 is 15.5 Å². The van der Waals surface area contributed by atoms with Crippen molar-refractivity contribution < 1.29 is 4.79 Å². The lowest BCUT2D eigenvalue weighted by Crippen LogP contribution is -2.47. The van der Waals surface area contributed by atoms with Gasteiger partial charge in [-0.2, -0.15) is 5.10 Å². The van der Waals surface area contributed by atoms with Crippen LogP contribution in [-0.4, -0.2) is 47.9 Å². The predicted octanol–water partition coefficient (Wildman–Crippen LogP) is 1.51. The SMILES string of the molecule is Cn1cc([C@H]2CNC[C@@H]2C(=O)NC2CCN(c3ccccc3)CC2)cn1. The highest BCUT2D eigenvalue weighted by molar-refractivity contribution is 5.80. The van der Waals surface area contributed by atoms with E-state index in [1.54, 1.807) is 0 Å². The maximum absolute atomic E-state index is 12.9. The number of aromatic nitrogens is 2. The molecule has 0 unspecified atom stereocenters. The van der Waals surface area contributed by atoms with Gasteiger partial charge in [0.1, 0.15) is 0 Å². The van der Waals surface area contributed by atoms with Crippen molar-refractivity contribution in [1.82, 2.24) is 20.4 Å². The minimum absolute atomic E-state index is 0.00801. The Kier molecular flexibility index (Phi) is 4.93. The predicted molar refractivity (Wildman–Crippen MR) is 102 cm³/mol. The molecule has 6 heteroatoms. The Morgan fingerprint density at radius 3 is 2.65 bits per heavy atom. The Morgan fingerprint density at radius 1 is 1.19 bits per heavy atom. The number of aryl methyl sites for hydroxylation is 1. The third kappa shape index (κ3) is 3.60. The molecule has 2 atom stereocenters. The van der Waals surface area contributed by atoms with E-state index in [1.165, 1.54) is 5.69 Å². The second kappa shape index (κ2) is 7.50. The molecule has 0 aliphatic carbocycles. The fourth-order valence-corrected chi connectivity index (χ4v) is 4.17. The van der Waals surface area contributed by atoms with Crippen molar-refractivity contribution in [1.29, 1.82) is 0 Å². The van der Waals surface area contributed by atoms with Gasteiger partial charge in [-0.05, 0) is 30.5 Å². The normalized spacial score (nSPS) is 24.0. The molecule has 2 aliphatic rings. The third-order valence-corrected chi connectivity index (χ3v) is 5.67. The molecule has 2 aliphatic heterocycles. The first-order valence-electron chi connectivity index (χ1n) is 9.50. The minimum Gasteiger partial charge on any atom is -0.371 e. The Balaban J connectivity index is 1.32. The maximum atomic E-state index is 12.9. The van der Waals surface area contributed by atoms with Gasteiger partial charge in [0.25, 0.3) is 0 Å². The highest BCUT2D eigenvalue weighted by Crippen LogP contribution is 2.28. The van der Waals surface area contributed by atoms with Gasteiger partial charge in [0, 0.05) is 57.1 Å². The van der Waals surface area contributed by atoms with E-state index in [0.717, 1.165) is 44.6 Å². The van der Waals surface area contributed by atoms with Gasteiger partial charge >= 0.3 is 0 Å². The number of rotatable bonds is 4. The molecular formula is C20H27N5O. The molecule has 138 valence electrons. The van der Waals surface area contributed by atoms with E-state index in [-0.39, 0.29) is 23.8 Å². The van der Waals surface area contributed by atoms with Gasteiger partial charge in [-0.15, -0.1) is 0 Å². The van der Waals surface area contributed by atoms with Crippen LogP contribution < -0.4 is 15.5 Å². The maximum Gasteiger partial charge on any atom is 0.225 e. The largest absolute Gasteiger partial charge is 0.371 e. The lowest BCUT2D eigenvalue weighted by Gasteiger charge is -2.34. The highest BCUT2D eigenvalue weighted by Gasteiger charge is 2.35. The molecule has 0 bridgehead atoms. The van der Waals surface area contributed by atoms with Crippen LogP contribution in [0.3, 0.4) is 0 Å². The molecule has 0 spiro atoms. The molecule has 6 nitrogen and oxygen atoms in total. The molecule has 0 radical (unpaired) electrons. The number of hydrogen-bond acceptors (Lipinski definition) is 4. The van der Waals surface area contributed by atoms with Gasteiger partial charge in [0.2, 0.25) is 5.91 Å². The summed E-state index contributed by atoms with van der Waals surface area (Å²) in [5.41, 5.74) is 2.42. The summed E-state index contributed by atoms with van der Waals surface area (Å²) in [4.78, 5) is 15.3. The van der Waals surface area contributed by atoms with Gasteiger partial charge in [0.05, 0.1) is 12.1 Å². The number of hydrogen-bond donors (Lipinski definition) is 2. The first-order valence-corrected chi connectivity index (χ1v) is 9.50. The Morgan fingerprint density at radius 2 is 1.96 bits per heavy atom. The number of anilines is 1. The number of carbonyl (C=O) groups is 1. The monoisotopic (exact) mass is 353 g/mol. The van der Waals surface area contributed by atoms with Gasteiger partial charge in [0.15, 0.2) is 0 Å². The van der Waals surface area contributed by atoms with Crippen LogP contribution in [0, 0.1) is 5.92 Å². The van der Waals surface area contributed by atoms with Crippen LogP contribution >= 0.6 is 0 Å². The molecule has 1 amide bonds. The molecule has 2 saturated heterocycles. The summed E-state index contributed by atoms with van der Waals surface area (Å²) in [5.74, 6) is 0.390. The quantitative estimate of drug-likeness (QED) is 0.875. The first-order chi connectivity index (χ1) is 12.7. The van der Waals surface area contributed by atoms with Gasteiger partial charge in [-0.1, -0.05) is 18.2 Å². The Hall–Kier alpha value is -2.34. The summed E-state index contributed by atoms with van der Waals surface area (Å²) in [6.07, 6.45) is 5.91. The van der Waals surface area contributed by atoms with Crippen LogP contribution in [0.25, 0.3) is 0 Å². The van der Waals surface area contributed by atoms with Crippen LogP contribution in [-0.2, 0) is 11.8 Å². The van der Waals surface area contributed by atoms with Gasteiger partial charge in [-0.25, -0.2) is 0 Å². The van der Waals surface area contributed by atoms with E-state index in [4.69, 9.17) is 0 Å². The number of benzene rings is 1. The van der Waals surface area contributed by atoms with Crippen molar-refractivity contribution in [3.63, 3.8) is 0 Å². The van der Waals surface area contributed by atoms with Crippen molar-refractivity contribution in [2.75, 3.05) is 31.1 Å². The molecule has 2 aromatic rings. The molecular weight excluding hydrogens is 326 g/mol. The summed E-state index contributed by atoms with van der Waals surface area (Å²) >= 11 is 0. The van der Waals surface area contributed by atoms with E-state index in [1.807, 2.05) is 30.2 Å². The molecule has 2 N–H and O–H groups in total. The van der Waals surface area contributed by atoms with E-state index in [9.17, 15) is 4.79 Å². The molecule has 1 aromatic heterocycles. The van der Waals surface area contributed by atoms with Crippen molar-refractivity contribution in [2.24, 2.45) is 13.0 Å². The van der Waals surface area contributed by atoms with Crippen LogP contribution in [0.2, 0.25) is 0 Å². The molecule has 4 rings (SSSR count). The van der Waals surface area contributed by atoms with Crippen LogP contribution in [0.4, 0.5) is 5.69 Å². The highest BCUT2D eigenvalue weighted by atomic mass is 16.2. The zero-order valence-corrected chi connectivity index (χ0v) is 15.3. The smallest absolute Gasteiger partial charge is 0.225 e. The topological polar surface area (TPSA) is 62.2 Å². The van der Waals surface area contributed by atoms with Crippen molar-refractivity contribution in [2.45, 2.75) is 24.8 Å². The summed E-state index contributed by atoms with van der Waals surface area (Å²) in [5, 5.41) is 10.9. The summed E-state index contributed by atoms with van der Waals surface area (Å²) in [6.45, 7) is 3.57. The fourth-order valence-electron chi connectivity index (χ4n) is 4.17. The summed E-state index contributed by atoms with van der Waals surface area (Å²) in [6, 6.07) is 10.8. The van der Waals surface area contributed by atoms with Crippen LogP contribution in [0.5, 0.6) is 0 Å². The Labute approximate surface area is 154 Å². The van der Waals surface area contributed by atoms with Crippen LogP contribution in [0.1, 0.15) is 24.3 Å². The second-order valence-corrected chi connectivity index (χ2v) is 7.42. The third-order valence-electron chi connectivity index (χ3n) is 5.67. The lowest BCUT2D eigenvalue weighted by atomic mass is 9.89. The average Bonchev–Trinajstić information content (AvgIpc) is 3.32. The van der Waals surface area contributed by atoms with E-state index in [0.29, 0.717) is 0 Å². The number of carbonyl (C=O) groups excluding carboxylic acids is 1. The number of amides is 1. The second-order valence-electron chi connectivity index (χ2n) is 7.42. The van der Waals surface area contributed by atoms with Gasteiger partial charge in [-0.3, -0.25) is 9.48 Å². The van der Waals surface area contributed by atoms with Crippen molar-refractivity contribution in [3.05, 3.63) is 48.3 Å². The zero-order valence-electron chi connectivity index (χ0n) is 15.3. The average molecular weight is 353 g/mol. The van der Waals surface area contributed by atoms with E-state index >= 15 is 0 Å². The lowest BCUT2D eigenvalue weighted by molar-refractivity contribution is -0.125. The summed E-state index contributed by atoms with van der Waals surface area (Å²) < 4.78 is 1.81. The van der Waals surface area contributed by atoms with Crippen molar-refractivity contribution in [3.8, 4) is 0 Å².